The fourth-order valence-corrected chi connectivity index (χ4v) is 4.08. The zero-order valence-corrected chi connectivity index (χ0v) is 18.4. The molecule has 12 heteroatoms. The summed E-state index contributed by atoms with van der Waals surface area (Å²) in [6.07, 6.45) is -1.75. The molecule has 170 valence electrons. The van der Waals surface area contributed by atoms with Crippen LogP contribution in [0, 0.1) is 0 Å². The zero-order chi connectivity index (χ0) is 23.3. The topological polar surface area (TPSA) is 120 Å². The average Bonchev–Trinajstić information content (AvgIpc) is 2.74. The molecule has 1 aliphatic heterocycles. The SMILES string of the molecule is NCc1cc(N)cc(C(F)(F)F)c1.Nc1nc(Cl)nc2c1CN(Sc1ccccn1)CC2. The van der Waals surface area contributed by atoms with E-state index in [2.05, 4.69) is 19.3 Å². The Kier molecular flexibility index (Phi) is 7.77. The summed E-state index contributed by atoms with van der Waals surface area (Å²) < 4.78 is 38.8. The molecule has 0 aliphatic carbocycles. The van der Waals surface area contributed by atoms with Crippen LogP contribution in [-0.4, -0.2) is 25.8 Å². The maximum atomic E-state index is 12.2. The third-order valence-electron chi connectivity index (χ3n) is 4.47. The van der Waals surface area contributed by atoms with Gasteiger partial charge in [-0.3, -0.25) is 0 Å². The van der Waals surface area contributed by atoms with Gasteiger partial charge >= 0.3 is 6.18 Å². The Hall–Kier alpha value is -2.60. The Morgan fingerprint density at radius 1 is 1.12 bits per heavy atom. The molecule has 4 rings (SSSR count). The maximum Gasteiger partial charge on any atom is 0.416 e. The molecule has 0 amide bonds. The largest absolute Gasteiger partial charge is 0.416 e. The van der Waals surface area contributed by atoms with E-state index in [-0.39, 0.29) is 17.5 Å². The van der Waals surface area contributed by atoms with Crippen molar-refractivity contribution in [3.05, 3.63) is 70.3 Å². The molecule has 0 bridgehead atoms. The van der Waals surface area contributed by atoms with E-state index in [1.807, 2.05) is 18.2 Å². The minimum absolute atomic E-state index is 0.0497. The van der Waals surface area contributed by atoms with Crippen molar-refractivity contribution in [3.63, 3.8) is 0 Å². The van der Waals surface area contributed by atoms with Crippen molar-refractivity contribution in [1.82, 2.24) is 19.3 Å². The number of nitrogens with two attached hydrogens (primary N) is 3. The lowest BCUT2D eigenvalue weighted by atomic mass is 10.1. The van der Waals surface area contributed by atoms with E-state index in [9.17, 15) is 13.2 Å². The molecule has 6 N–H and O–H groups in total. The van der Waals surface area contributed by atoms with Gasteiger partial charge in [0.25, 0.3) is 0 Å². The monoisotopic (exact) mass is 483 g/mol. The minimum Gasteiger partial charge on any atom is -0.399 e. The number of rotatable bonds is 3. The van der Waals surface area contributed by atoms with E-state index < -0.39 is 11.7 Å². The molecule has 0 atom stereocenters. The van der Waals surface area contributed by atoms with Crippen LogP contribution in [-0.2, 0) is 25.7 Å². The van der Waals surface area contributed by atoms with Gasteiger partial charge < -0.3 is 17.2 Å². The molecule has 0 saturated heterocycles. The average molecular weight is 484 g/mol. The number of alkyl halides is 3. The molecule has 1 aromatic carbocycles. The molecule has 3 heterocycles. The van der Waals surface area contributed by atoms with Gasteiger partial charge in [-0.15, -0.1) is 0 Å². The molecule has 0 spiro atoms. The summed E-state index contributed by atoms with van der Waals surface area (Å²) in [6, 6.07) is 9.18. The van der Waals surface area contributed by atoms with Crippen LogP contribution in [0.25, 0.3) is 0 Å². The second-order valence-electron chi connectivity index (χ2n) is 6.84. The molecule has 2 aromatic heterocycles. The Labute approximate surface area is 192 Å². The van der Waals surface area contributed by atoms with Gasteiger partial charge in [-0.25, -0.2) is 19.3 Å². The molecular formula is C20H21ClF3N7S. The number of aromatic nitrogens is 3. The third kappa shape index (κ3) is 6.45. The summed E-state index contributed by atoms with van der Waals surface area (Å²) in [5, 5.41) is 1.20. The van der Waals surface area contributed by atoms with Crippen LogP contribution in [0.1, 0.15) is 22.4 Å². The Bertz CT molecular complexity index is 1070. The number of hydrogen-bond donors (Lipinski definition) is 3. The normalized spacial score (nSPS) is 13.8. The number of hydrogen-bond acceptors (Lipinski definition) is 8. The highest BCUT2D eigenvalue weighted by Gasteiger charge is 2.30. The van der Waals surface area contributed by atoms with Crippen molar-refractivity contribution >= 4 is 35.1 Å². The minimum atomic E-state index is -4.36. The molecule has 3 aromatic rings. The first-order valence-electron chi connectivity index (χ1n) is 9.47. The van der Waals surface area contributed by atoms with Crippen molar-refractivity contribution < 1.29 is 13.2 Å². The number of nitrogens with zero attached hydrogens (tertiary/aromatic N) is 4. The highest BCUT2D eigenvalue weighted by molar-refractivity contribution is 7.96. The molecule has 0 saturated carbocycles. The summed E-state index contributed by atoms with van der Waals surface area (Å²) in [5.74, 6) is 0.473. The smallest absolute Gasteiger partial charge is 0.399 e. The second kappa shape index (κ2) is 10.3. The lowest BCUT2D eigenvalue weighted by Crippen LogP contribution is -2.27. The summed E-state index contributed by atoms with van der Waals surface area (Å²) >= 11 is 7.44. The Morgan fingerprint density at radius 2 is 1.91 bits per heavy atom. The third-order valence-corrected chi connectivity index (χ3v) is 5.64. The van der Waals surface area contributed by atoms with E-state index >= 15 is 0 Å². The van der Waals surface area contributed by atoms with Crippen LogP contribution in [0.3, 0.4) is 0 Å². The molecule has 1 aliphatic rings. The lowest BCUT2D eigenvalue weighted by molar-refractivity contribution is -0.137. The molecule has 0 fully saturated rings. The quantitative estimate of drug-likeness (QED) is 0.291. The van der Waals surface area contributed by atoms with Crippen molar-refractivity contribution in [2.24, 2.45) is 5.73 Å². The van der Waals surface area contributed by atoms with Gasteiger partial charge in [-0.2, -0.15) is 13.2 Å². The van der Waals surface area contributed by atoms with E-state index in [4.69, 9.17) is 28.8 Å². The molecular weight excluding hydrogens is 463 g/mol. The van der Waals surface area contributed by atoms with Crippen molar-refractivity contribution in [3.8, 4) is 0 Å². The summed E-state index contributed by atoms with van der Waals surface area (Å²) in [7, 11) is 0. The van der Waals surface area contributed by atoms with Gasteiger partial charge in [0.15, 0.2) is 0 Å². The first-order chi connectivity index (χ1) is 15.2. The van der Waals surface area contributed by atoms with E-state index in [0.717, 1.165) is 41.4 Å². The standard InChI is InChI=1S/C12H12ClN5S.C8H9F3N2/c13-12-16-9-4-6-18(7-8(9)11(14)17-12)19-10-3-1-2-5-15-10;9-8(10,11)6-1-5(4-12)2-7(13)3-6/h1-3,5H,4,6-7H2,(H2,14,16,17);1-3H,4,12-13H2. The van der Waals surface area contributed by atoms with Gasteiger partial charge in [0, 0.05) is 43.5 Å². The molecule has 0 unspecified atom stereocenters. The fourth-order valence-electron chi connectivity index (χ4n) is 2.99. The van der Waals surface area contributed by atoms with Crippen LogP contribution >= 0.6 is 23.5 Å². The van der Waals surface area contributed by atoms with Gasteiger partial charge in [0.2, 0.25) is 5.28 Å². The van der Waals surface area contributed by atoms with E-state index in [1.165, 1.54) is 6.07 Å². The predicted molar refractivity (Wildman–Crippen MR) is 119 cm³/mol. The summed E-state index contributed by atoms with van der Waals surface area (Å²) in [4.78, 5) is 12.6. The number of anilines is 2. The Morgan fingerprint density at radius 3 is 2.56 bits per heavy atom. The van der Waals surface area contributed by atoms with Crippen LogP contribution in [0.5, 0.6) is 0 Å². The second-order valence-corrected chi connectivity index (χ2v) is 8.30. The zero-order valence-electron chi connectivity index (χ0n) is 16.8. The highest BCUT2D eigenvalue weighted by atomic mass is 35.5. The van der Waals surface area contributed by atoms with E-state index in [1.54, 1.807) is 18.1 Å². The molecule has 32 heavy (non-hydrogen) atoms. The van der Waals surface area contributed by atoms with Crippen molar-refractivity contribution in [1.29, 1.82) is 0 Å². The first-order valence-corrected chi connectivity index (χ1v) is 10.6. The van der Waals surface area contributed by atoms with Crippen LogP contribution < -0.4 is 17.2 Å². The van der Waals surface area contributed by atoms with Gasteiger partial charge in [-0.05, 0) is 59.4 Å². The number of halogens is 4. The van der Waals surface area contributed by atoms with Gasteiger partial charge in [0.05, 0.1) is 11.3 Å². The van der Waals surface area contributed by atoms with Gasteiger partial charge in [0.1, 0.15) is 10.8 Å². The highest BCUT2D eigenvalue weighted by Crippen LogP contribution is 2.31. The van der Waals surface area contributed by atoms with E-state index in [0.29, 0.717) is 17.9 Å². The fraction of sp³-hybridized carbons (Fsp3) is 0.250. The number of fused-ring (bicyclic) bond motifs is 1. The molecule has 7 nitrogen and oxygen atoms in total. The number of benzene rings is 1. The predicted octanol–water partition coefficient (Wildman–Crippen LogP) is 3.92. The van der Waals surface area contributed by atoms with Crippen LogP contribution in [0.2, 0.25) is 5.28 Å². The lowest BCUT2D eigenvalue weighted by Gasteiger charge is -2.27. The van der Waals surface area contributed by atoms with Gasteiger partial charge in [-0.1, -0.05) is 6.07 Å². The Balaban J connectivity index is 0.000000195. The number of pyridine rings is 1. The van der Waals surface area contributed by atoms with Crippen LogP contribution in [0.4, 0.5) is 24.7 Å². The number of nitrogen functional groups attached to an aromatic ring is 2. The first kappa shape index (κ1) is 24.1. The molecule has 0 radical (unpaired) electrons. The van der Waals surface area contributed by atoms with Crippen molar-refractivity contribution in [2.45, 2.75) is 30.7 Å². The van der Waals surface area contributed by atoms with Crippen LogP contribution in [0.15, 0.2) is 47.6 Å². The maximum absolute atomic E-state index is 12.2. The summed E-state index contributed by atoms with van der Waals surface area (Å²) in [5.41, 5.74) is 18.0. The summed E-state index contributed by atoms with van der Waals surface area (Å²) in [6.45, 7) is 1.65. The van der Waals surface area contributed by atoms with Crippen molar-refractivity contribution in [2.75, 3.05) is 18.0 Å².